The SMILES string of the molecule is CC1(C2=CCCC=C2)c2ccccc2-c2c(N(c3ccccc3-c3cccc4cccc(-c5ccccc5)c34)c3ccccc3-c3cccc4cccc(-c5ccccc5)c34)cccc21. The van der Waals surface area contributed by atoms with Crippen LogP contribution in [0, 0.1) is 0 Å². The van der Waals surface area contributed by atoms with Crippen LogP contribution in [-0.2, 0) is 5.41 Å². The van der Waals surface area contributed by atoms with Gasteiger partial charge in [-0.3, -0.25) is 0 Å². The number of benzene rings is 10. The van der Waals surface area contributed by atoms with Crippen molar-refractivity contribution in [2.24, 2.45) is 0 Å². The largest absolute Gasteiger partial charge is 0.309 e. The molecule has 0 saturated heterocycles. The second-order valence-electron chi connectivity index (χ2n) is 17.5. The summed E-state index contributed by atoms with van der Waals surface area (Å²) in [6, 6.07) is 83.0. The Kier molecular flexibility index (Phi) is 9.50. The van der Waals surface area contributed by atoms with Crippen LogP contribution < -0.4 is 4.90 Å². The van der Waals surface area contributed by atoms with Gasteiger partial charge in [0.1, 0.15) is 0 Å². The van der Waals surface area contributed by atoms with Gasteiger partial charge in [0.2, 0.25) is 0 Å². The summed E-state index contributed by atoms with van der Waals surface area (Å²) >= 11 is 0. The highest BCUT2D eigenvalue weighted by molar-refractivity contribution is 6.12. The number of hydrogen-bond donors (Lipinski definition) is 0. The summed E-state index contributed by atoms with van der Waals surface area (Å²) in [5, 5.41) is 4.93. The molecular formula is C64H47N. The molecule has 1 nitrogen and oxygen atoms in total. The van der Waals surface area contributed by atoms with E-state index < -0.39 is 0 Å². The number of rotatable bonds is 8. The minimum absolute atomic E-state index is 0.315. The molecule has 0 amide bonds. The highest BCUT2D eigenvalue weighted by atomic mass is 15.2. The van der Waals surface area contributed by atoms with Crippen LogP contribution in [0.15, 0.2) is 248 Å². The summed E-state index contributed by atoms with van der Waals surface area (Å²) in [5.74, 6) is 0. The maximum atomic E-state index is 2.59. The molecule has 1 heteroatoms. The van der Waals surface area contributed by atoms with Crippen LogP contribution in [0.2, 0.25) is 0 Å². The molecule has 10 aromatic rings. The number of nitrogens with zero attached hydrogens (tertiary/aromatic N) is 1. The lowest BCUT2D eigenvalue weighted by Gasteiger charge is -2.33. The van der Waals surface area contributed by atoms with Crippen molar-refractivity contribution in [3.05, 3.63) is 259 Å². The molecule has 65 heavy (non-hydrogen) atoms. The molecule has 0 N–H and O–H groups in total. The van der Waals surface area contributed by atoms with E-state index >= 15 is 0 Å². The molecule has 10 aromatic carbocycles. The summed E-state index contributed by atoms with van der Waals surface area (Å²) in [6.07, 6.45) is 9.33. The lowest BCUT2D eigenvalue weighted by molar-refractivity contribution is 0.701. The Bertz CT molecular complexity index is 3330. The first kappa shape index (κ1) is 38.7. The third-order valence-electron chi connectivity index (χ3n) is 14.0. The number of fused-ring (bicyclic) bond motifs is 5. The topological polar surface area (TPSA) is 3.24 Å². The van der Waals surface area contributed by atoms with E-state index in [1.807, 2.05) is 0 Å². The van der Waals surface area contributed by atoms with Gasteiger partial charge in [0.25, 0.3) is 0 Å². The lowest BCUT2D eigenvalue weighted by Crippen LogP contribution is -2.23. The Hall–Kier alpha value is -8.00. The first-order chi connectivity index (χ1) is 32.2. The third kappa shape index (κ3) is 6.30. The maximum Gasteiger partial charge on any atom is 0.0543 e. The van der Waals surface area contributed by atoms with Gasteiger partial charge in [0.05, 0.1) is 17.1 Å². The van der Waals surface area contributed by atoms with Gasteiger partial charge in [-0.1, -0.05) is 224 Å². The summed E-state index contributed by atoms with van der Waals surface area (Å²) in [5.41, 5.74) is 19.3. The molecule has 2 aliphatic rings. The first-order valence-electron chi connectivity index (χ1n) is 22.9. The minimum Gasteiger partial charge on any atom is -0.309 e. The molecule has 0 saturated carbocycles. The van der Waals surface area contributed by atoms with Crippen molar-refractivity contribution >= 4 is 38.6 Å². The predicted molar refractivity (Wildman–Crippen MR) is 276 cm³/mol. The van der Waals surface area contributed by atoms with Crippen LogP contribution >= 0.6 is 0 Å². The number of allylic oxidation sites excluding steroid dienone is 4. The Labute approximate surface area is 381 Å². The Morgan fingerprint density at radius 2 is 0.785 bits per heavy atom. The van der Waals surface area contributed by atoms with E-state index in [-0.39, 0.29) is 5.41 Å². The van der Waals surface area contributed by atoms with Crippen LogP contribution in [0.4, 0.5) is 17.1 Å². The predicted octanol–water partition coefficient (Wildman–Crippen LogP) is 17.7. The molecular weight excluding hydrogens is 783 g/mol. The summed E-state index contributed by atoms with van der Waals surface area (Å²) < 4.78 is 0. The second kappa shape index (κ2) is 16.0. The normalized spacial score (nSPS) is 15.1. The molecule has 2 aliphatic carbocycles. The Balaban J connectivity index is 1.18. The van der Waals surface area contributed by atoms with E-state index in [2.05, 4.69) is 255 Å². The first-order valence-corrected chi connectivity index (χ1v) is 22.9. The molecule has 0 fully saturated rings. The highest BCUT2D eigenvalue weighted by Gasteiger charge is 2.43. The van der Waals surface area contributed by atoms with E-state index in [4.69, 9.17) is 0 Å². The molecule has 0 heterocycles. The highest BCUT2D eigenvalue weighted by Crippen LogP contribution is 2.59. The van der Waals surface area contributed by atoms with Crippen molar-refractivity contribution in [1.82, 2.24) is 0 Å². The van der Waals surface area contributed by atoms with E-state index in [1.54, 1.807) is 0 Å². The van der Waals surface area contributed by atoms with Crippen molar-refractivity contribution in [1.29, 1.82) is 0 Å². The summed E-state index contributed by atoms with van der Waals surface area (Å²) in [6.45, 7) is 2.44. The van der Waals surface area contributed by atoms with Gasteiger partial charge in [-0.15, -0.1) is 0 Å². The fraction of sp³-hybridized carbons (Fsp3) is 0.0625. The zero-order chi connectivity index (χ0) is 43.3. The molecule has 1 atom stereocenters. The van der Waals surface area contributed by atoms with Crippen molar-refractivity contribution < 1.29 is 0 Å². The lowest BCUT2D eigenvalue weighted by atomic mass is 9.72. The van der Waals surface area contributed by atoms with Crippen LogP contribution in [0.3, 0.4) is 0 Å². The molecule has 0 radical (unpaired) electrons. The fourth-order valence-corrected chi connectivity index (χ4v) is 11.0. The van der Waals surface area contributed by atoms with Crippen molar-refractivity contribution in [2.45, 2.75) is 25.2 Å². The Morgan fingerprint density at radius 3 is 1.32 bits per heavy atom. The van der Waals surface area contributed by atoms with Gasteiger partial charge in [0.15, 0.2) is 0 Å². The number of hydrogen-bond acceptors (Lipinski definition) is 1. The smallest absolute Gasteiger partial charge is 0.0543 e. The quantitative estimate of drug-likeness (QED) is 0.147. The van der Waals surface area contributed by atoms with Crippen LogP contribution in [0.25, 0.3) is 77.2 Å². The van der Waals surface area contributed by atoms with Gasteiger partial charge in [0, 0.05) is 22.1 Å². The Morgan fingerprint density at radius 1 is 0.354 bits per heavy atom. The standard InChI is InChI=1S/C64H47N/c1-64(48-30-9-4-10-31-48)56-39-14-11-34-55(56)63-57(64)40-21-43-60(63)65(58-41-15-12-32-51(58)53-37-19-28-46-26-17-35-49(61(46)53)44-22-5-2-6-23-44)59-42-16-13-33-52(59)54-38-20-29-47-27-18-36-50(62(47)54)45-24-7-3-8-25-45/h2-3,5-9,11-43H,4,10H2,1H3. The van der Waals surface area contributed by atoms with Crippen molar-refractivity contribution in [3.63, 3.8) is 0 Å². The fourth-order valence-electron chi connectivity index (χ4n) is 11.0. The zero-order valence-corrected chi connectivity index (χ0v) is 36.5. The average molecular weight is 830 g/mol. The van der Waals surface area contributed by atoms with Gasteiger partial charge >= 0.3 is 0 Å². The van der Waals surface area contributed by atoms with Gasteiger partial charge in [-0.2, -0.15) is 0 Å². The van der Waals surface area contributed by atoms with Gasteiger partial charge < -0.3 is 4.90 Å². The summed E-state index contributed by atoms with van der Waals surface area (Å²) in [4.78, 5) is 2.59. The molecule has 12 rings (SSSR count). The summed E-state index contributed by atoms with van der Waals surface area (Å²) in [7, 11) is 0. The van der Waals surface area contributed by atoms with Crippen molar-refractivity contribution in [2.75, 3.05) is 4.90 Å². The molecule has 0 bridgehead atoms. The molecule has 0 spiro atoms. The third-order valence-corrected chi connectivity index (χ3v) is 14.0. The van der Waals surface area contributed by atoms with Crippen molar-refractivity contribution in [3.8, 4) is 55.6 Å². The maximum absolute atomic E-state index is 2.59. The monoisotopic (exact) mass is 829 g/mol. The van der Waals surface area contributed by atoms with E-state index in [0.29, 0.717) is 0 Å². The second-order valence-corrected chi connectivity index (χ2v) is 17.5. The number of anilines is 3. The molecule has 1 unspecified atom stereocenters. The van der Waals surface area contributed by atoms with E-state index in [0.717, 1.165) is 29.9 Å². The van der Waals surface area contributed by atoms with Crippen LogP contribution in [0.1, 0.15) is 30.9 Å². The molecule has 0 aromatic heterocycles. The van der Waals surface area contributed by atoms with Crippen LogP contribution in [-0.4, -0.2) is 0 Å². The van der Waals surface area contributed by atoms with Crippen LogP contribution in [0.5, 0.6) is 0 Å². The van der Waals surface area contributed by atoms with E-state index in [9.17, 15) is 0 Å². The van der Waals surface area contributed by atoms with E-state index in [1.165, 1.54) is 93.9 Å². The van der Waals surface area contributed by atoms with Gasteiger partial charge in [-0.25, -0.2) is 0 Å². The minimum atomic E-state index is -0.315. The zero-order valence-electron chi connectivity index (χ0n) is 36.5. The molecule has 0 aliphatic heterocycles. The van der Waals surface area contributed by atoms with Gasteiger partial charge in [-0.05, 0) is 115 Å². The molecule has 308 valence electrons. The average Bonchev–Trinajstić information content (AvgIpc) is 3.65. The number of para-hydroxylation sites is 2.